The molecule has 2 saturated carbocycles. The third-order valence-corrected chi connectivity index (χ3v) is 11.3. The average Bonchev–Trinajstić information content (AvgIpc) is 3.27. The zero-order chi connectivity index (χ0) is 30.9. The van der Waals surface area contributed by atoms with Crippen LogP contribution in [0.15, 0.2) is 22.8 Å². The van der Waals surface area contributed by atoms with Crippen molar-refractivity contribution in [1.82, 2.24) is 0 Å². The summed E-state index contributed by atoms with van der Waals surface area (Å²) in [5.41, 5.74) is -0.609. The quantitative estimate of drug-likeness (QED) is 0.279. The highest BCUT2D eigenvalue weighted by Gasteiger charge is 2.69. The van der Waals surface area contributed by atoms with E-state index in [1.54, 1.807) is 6.92 Å². The Morgan fingerprint density at radius 2 is 1.83 bits per heavy atom. The number of ether oxygens (including phenoxy) is 4. The Balaban J connectivity index is 1.67. The minimum absolute atomic E-state index is 0.00306. The molecule has 42 heavy (non-hydrogen) atoms. The van der Waals surface area contributed by atoms with Gasteiger partial charge in [-0.25, -0.2) is 4.79 Å². The number of carbonyl (C=O) groups is 5. The van der Waals surface area contributed by atoms with E-state index in [1.165, 1.54) is 13.2 Å². The van der Waals surface area contributed by atoms with E-state index in [0.29, 0.717) is 25.7 Å². The SMILES string of the molecule is CC[C@@H](C)C(=O)O[C@@H]1[C@@H]2CC3=C4CC(=O)O[C@@H](C5=C[C@@H](O)OC5=O)[C@]4(C)CC[C@H]3[C@@](C)(C2=O)[C@@H](CC(=O)OC)C1(C)C. The Labute approximate surface area is 246 Å². The van der Waals surface area contributed by atoms with Crippen LogP contribution in [0, 0.1) is 39.9 Å². The van der Waals surface area contributed by atoms with Crippen molar-refractivity contribution < 1.29 is 48.0 Å². The first-order valence-electron chi connectivity index (χ1n) is 14.9. The van der Waals surface area contributed by atoms with E-state index in [9.17, 15) is 29.1 Å². The molecule has 0 radical (unpaired) electrons. The van der Waals surface area contributed by atoms with Crippen LogP contribution in [-0.4, -0.2) is 60.4 Å². The van der Waals surface area contributed by atoms with Crippen LogP contribution in [0.1, 0.15) is 80.1 Å². The molecule has 2 aliphatic heterocycles. The molecule has 0 aromatic carbocycles. The number of esters is 4. The van der Waals surface area contributed by atoms with Gasteiger partial charge in [-0.1, -0.05) is 47.1 Å². The van der Waals surface area contributed by atoms with E-state index in [2.05, 4.69) is 0 Å². The molecule has 1 N–H and O–H groups in total. The number of fused-ring (bicyclic) bond motifs is 5. The predicted molar refractivity (Wildman–Crippen MR) is 147 cm³/mol. The number of carbonyl (C=O) groups excluding carboxylic acids is 5. The lowest BCUT2D eigenvalue weighted by Gasteiger charge is -2.63. The summed E-state index contributed by atoms with van der Waals surface area (Å²) in [7, 11) is 1.32. The van der Waals surface area contributed by atoms with Gasteiger partial charge in [-0.3, -0.25) is 19.2 Å². The summed E-state index contributed by atoms with van der Waals surface area (Å²) >= 11 is 0. The molecule has 0 spiro atoms. The number of Topliss-reactive ketones (excluding diaryl/α,β-unsaturated/α-hetero) is 1. The van der Waals surface area contributed by atoms with Crippen LogP contribution in [0.5, 0.6) is 0 Å². The van der Waals surface area contributed by atoms with Gasteiger partial charge >= 0.3 is 23.9 Å². The number of rotatable bonds is 6. The fourth-order valence-electron chi connectivity index (χ4n) is 8.78. The highest BCUT2D eigenvalue weighted by molar-refractivity contribution is 5.94. The van der Waals surface area contributed by atoms with Crippen molar-refractivity contribution >= 4 is 29.7 Å². The summed E-state index contributed by atoms with van der Waals surface area (Å²) in [6.45, 7) is 11.5. The van der Waals surface area contributed by atoms with Crippen LogP contribution >= 0.6 is 0 Å². The topological polar surface area (TPSA) is 142 Å². The summed E-state index contributed by atoms with van der Waals surface area (Å²) in [4.78, 5) is 66.1. The van der Waals surface area contributed by atoms with E-state index in [-0.39, 0.29) is 42.0 Å². The molecule has 10 nitrogen and oxygen atoms in total. The van der Waals surface area contributed by atoms with Crippen molar-refractivity contribution in [1.29, 1.82) is 0 Å². The second-order valence-corrected chi connectivity index (χ2v) is 13.8. The molecule has 9 atom stereocenters. The van der Waals surface area contributed by atoms with Gasteiger partial charge in [0.15, 0.2) is 0 Å². The van der Waals surface area contributed by atoms with E-state index in [4.69, 9.17) is 18.9 Å². The zero-order valence-corrected chi connectivity index (χ0v) is 25.5. The van der Waals surface area contributed by atoms with Gasteiger partial charge < -0.3 is 24.1 Å². The van der Waals surface area contributed by atoms with Crippen molar-refractivity contribution in [2.75, 3.05) is 7.11 Å². The highest BCUT2D eigenvalue weighted by Crippen LogP contribution is 2.67. The molecular formula is C32H42O10. The summed E-state index contributed by atoms with van der Waals surface area (Å²) in [5, 5.41) is 9.95. The molecule has 2 heterocycles. The van der Waals surface area contributed by atoms with Crippen molar-refractivity contribution in [2.24, 2.45) is 39.9 Å². The molecule has 0 amide bonds. The third-order valence-electron chi connectivity index (χ3n) is 11.3. The first kappa shape index (κ1) is 30.4. The van der Waals surface area contributed by atoms with Gasteiger partial charge in [-0.15, -0.1) is 0 Å². The van der Waals surface area contributed by atoms with Crippen molar-refractivity contribution in [3.05, 3.63) is 22.8 Å². The van der Waals surface area contributed by atoms with Crippen LogP contribution in [0.25, 0.3) is 0 Å². The number of methoxy groups -OCH3 is 1. The summed E-state index contributed by atoms with van der Waals surface area (Å²) in [6, 6.07) is 0. The number of ketones is 1. The predicted octanol–water partition coefficient (Wildman–Crippen LogP) is 3.59. The molecule has 2 bridgehead atoms. The second kappa shape index (κ2) is 10.3. The molecule has 3 aliphatic carbocycles. The Hall–Kier alpha value is -3.01. The van der Waals surface area contributed by atoms with E-state index in [0.717, 1.165) is 11.1 Å². The lowest BCUT2D eigenvalue weighted by atomic mass is 9.40. The highest BCUT2D eigenvalue weighted by atomic mass is 16.6. The second-order valence-electron chi connectivity index (χ2n) is 13.8. The zero-order valence-electron chi connectivity index (χ0n) is 25.5. The lowest BCUT2D eigenvalue weighted by molar-refractivity contribution is -0.200. The molecule has 0 aromatic rings. The van der Waals surface area contributed by atoms with Gasteiger partial charge in [0, 0.05) is 22.7 Å². The Kier molecular flexibility index (Phi) is 7.48. The standard InChI is InChI=1S/C32H42O10/c1-8-15(2)28(37)42-26-17-11-16-19(32(6,25(17)36)21(30(26,3)4)14-22(33)39-7)9-10-31(5)20(16)13-24(35)40-27(31)18-12-23(34)41-29(18)38/h12,15,17,19,21,23,26-27,34H,8-11,13-14H2,1-7H3/t15-,17-,19-,21+,23+,26-,27+,31-,32-/m1/s1. The molecule has 230 valence electrons. The molecule has 5 rings (SSSR count). The van der Waals surface area contributed by atoms with Crippen LogP contribution < -0.4 is 0 Å². The van der Waals surface area contributed by atoms with Crippen molar-refractivity contribution in [3.8, 4) is 0 Å². The van der Waals surface area contributed by atoms with E-state index < -0.39 is 64.5 Å². The molecule has 5 aliphatic rings. The van der Waals surface area contributed by atoms with Gasteiger partial charge in [0.05, 0.1) is 30.9 Å². The molecular weight excluding hydrogens is 544 g/mol. The third kappa shape index (κ3) is 4.35. The van der Waals surface area contributed by atoms with E-state index in [1.807, 2.05) is 34.6 Å². The molecule has 0 aromatic heterocycles. The summed E-state index contributed by atoms with van der Waals surface area (Å²) in [6.07, 6.45) is 0.0975. The van der Waals surface area contributed by atoms with Gasteiger partial charge in [-0.2, -0.15) is 0 Å². The van der Waals surface area contributed by atoms with Gasteiger partial charge in [0.25, 0.3) is 0 Å². The Morgan fingerprint density at radius 3 is 2.43 bits per heavy atom. The summed E-state index contributed by atoms with van der Waals surface area (Å²) in [5.74, 6) is -3.88. The van der Waals surface area contributed by atoms with Crippen LogP contribution in [0.4, 0.5) is 0 Å². The first-order chi connectivity index (χ1) is 19.6. The number of aliphatic hydroxyl groups is 1. The molecule has 0 unspecified atom stereocenters. The fourth-order valence-corrected chi connectivity index (χ4v) is 8.78. The van der Waals surface area contributed by atoms with Gasteiger partial charge in [0.2, 0.25) is 6.29 Å². The lowest BCUT2D eigenvalue weighted by Crippen LogP contribution is -2.67. The van der Waals surface area contributed by atoms with Crippen molar-refractivity contribution in [2.45, 2.75) is 98.6 Å². The van der Waals surface area contributed by atoms with Crippen LogP contribution in [-0.2, 0) is 42.9 Å². The minimum atomic E-state index is -1.41. The maximum absolute atomic E-state index is 14.5. The van der Waals surface area contributed by atoms with Crippen LogP contribution in [0.3, 0.4) is 0 Å². The number of aliphatic hydroxyl groups excluding tert-OH is 1. The van der Waals surface area contributed by atoms with Crippen molar-refractivity contribution in [3.63, 3.8) is 0 Å². The number of cyclic esters (lactones) is 2. The van der Waals surface area contributed by atoms with E-state index >= 15 is 0 Å². The largest absolute Gasteiger partial charge is 0.469 e. The number of hydrogen-bond donors (Lipinski definition) is 1. The fraction of sp³-hybridized carbons (Fsp3) is 0.719. The monoisotopic (exact) mass is 586 g/mol. The number of allylic oxidation sites excluding steroid dienone is 1. The maximum Gasteiger partial charge on any atom is 0.340 e. The number of hydrogen-bond acceptors (Lipinski definition) is 10. The first-order valence-corrected chi connectivity index (χ1v) is 14.9. The van der Waals surface area contributed by atoms with Crippen LogP contribution in [0.2, 0.25) is 0 Å². The maximum atomic E-state index is 14.5. The van der Waals surface area contributed by atoms with Gasteiger partial charge in [-0.05, 0) is 49.2 Å². The normalized spacial score (nSPS) is 39.3. The Morgan fingerprint density at radius 1 is 1.14 bits per heavy atom. The molecule has 10 heteroatoms. The molecule has 1 saturated heterocycles. The molecule has 3 fully saturated rings. The van der Waals surface area contributed by atoms with Gasteiger partial charge in [0.1, 0.15) is 18.0 Å². The average molecular weight is 587 g/mol. The minimum Gasteiger partial charge on any atom is -0.469 e. The Bertz CT molecular complexity index is 1290. The smallest absolute Gasteiger partial charge is 0.340 e. The summed E-state index contributed by atoms with van der Waals surface area (Å²) < 4.78 is 21.9.